The number of pyridine rings is 1. The lowest BCUT2D eigenvalue weighted by Crippen LogP contribution is -2.21. The molecule has 0 spiro atoms. The number of hydrogen-bond acceptors (Lipinski definition) is 7. The highest BCUT2D eigenvalue weighted by Crippen LogP contribution is 2.25. The molecule has 2 aromatic carbocycles. The normalized spacial score (nSPS) is 11.3. The minimum Gasteiger partial charge on any atom is -0.463 e. The van der Waals surface area contributed by atoms with Crippen molar-refractivity contribution in [2.45, 2.75) is 4.90 Å². The summed E-state index contributed by atoms with van der Waals surface area (Å²) in [7, 11) is -3.83. The summed E-state index contributed by atoms with van der Waals surface area (Å²) in [5.41, 5.74) is 1.60. The van der Waals surface area contributed by atoms with Gasteiger partial charge >= 0.3 is 5.97 Å². The quantitative estimate of drug-likeness (QED) is 0.429. The Hall–Kier alpha value is -4.02. The van der Waals surface area contributed by atoms with Crippen LogP contribution in [0.5, 0.6) is 0 Å². The number of nitrogens with two attached hydrogens (primary N) is 1. The number of fused-ring (bicyclic) bond motifs is 1. The predicted octanol–water partition coefficient (Wildman–Crippen LogP) is 2.94. The molecule has 4 rings (SSSR count). The van der Waals surface area contributed by atoms with Crippen LogP contribution in [0.1, 0.15) is 10.4 Å². The maximum atomic E-state index is 12.8. The van der Waals surface area contributed by atoms with Crippen LogP contribution in [0, 0.1) is 0 Å². The lowest BCUT2D eigenvalue weighted by atomic mass is 10.1. The number of carbonyl (C=O) groups is 2. The smallest absolute Gasteiger partial charge is 0.339 e. The van der Waals surface area contributed by atoms with Crippen LogP contribution in [0.2, 0.25) is 0 Å². The molecule has 162 valence electrons. The molecule has 2 heterocycles. The third-order valence-electron chi connectivity index (χ3n) is 4.51. The number of nitrogens with zero attached hydrogens (tertiary/aromatic N) is 1. The molecule has 0 bridgehead atoms. The van der Waals surface area contributed by atoms with Gasteiger partial charge in [-0.2, -0.15) is 0 Å². The number of carbonyl (C=O) groups excluding carboxylic acids is 2. The van der Waals surface area contributed by atoms with Gasteiger partial charge in [-0.1, -0.05) is 18.2 Å². The highest BCUT2D eigenvalue weighted by molar-refractivity contribution is 7.89. The second-order valence-electron chi connectivity index (χ2n) is 6.74. The number of ether oxygens (including phenoxy) is 1. The fourth-order valence-electron chi connectivity index (χ4n) is 3.03. The molecule has 0 aliphatic carbocycles. The van der Waals surface area contributed by atoms with E-state index >= 15 is 0 Å². The van der Waals surface area contributed by atoms with E-state index in [1.807, 2.05) is 0 Å². The van der Waals surface area contributed by atoms with E-state index in [2.05, 4.69) is 10.3 Å². The summed E-state index contributed by atoms with van der Waals surface area (Å²) in [5.74, 6) is -0.798. The van der Waals surface area contributed by atoms with E-state index in [-0.39, 0.29) is 10.5 Å². The van der Waals surface area contributed by atoms with Crippen molar-refractivity contribution in [2.75, 3.05) is 11.9 Å². The van der Waals surface area contributed by atoms with Gasteiger partial charge in [0.25, 0.3) is 5.91 Å². The van der Waals surface area contributed by atoms with Gasteiger partial charge in [0, 0.05) is 11.1 Å². The first-order valence-corrected chi connectivity index (χ1v) is 10.9. The number of nitrogens with one attached hydrogen (secondary N) is 1. The predicted molar refractivity (Wildman–Crippen MR) is 116 cm³/mol. The summed E-state index contributed by atoms with van der Waals surface area (Å²) < 4.78 is 33.2. The molecule has 2 aromatic heterocycles. The minimum atomic E-state index is -3.83. The van der Waals surface area contributed by atoms with Crippen LogP contribution >= 0.6 is 0 Å². The summed E-state index contributed by atoms with van der Waals surface area (Å²) in [6, 6.07) is 17.3. The molecule has 32 heavy (non-hydrogen) atoms. The number of amides is 1. The second kappa shape index (κ2) is 8.61. The third kappa shape index (κ3) is 4.66. The van der Waals surface area contributed by atoms with E-state index < -0.39 is 28.5 Å². The second-order valence-corrected chi connectivity index (χ2v) is 8.30. The number of rotatable bonds is 6. The van der Waals surface area contributed by atoms with Crippen molar-refractivity contribution in [3.8, 4) is 11.5 Å². The molecule has 0 fully saturated rings. The van der Waals surface area contributed by atoms with Crippen molar-refractivity contribution >= 4 is 38.5 Å². The zero-order valence-corrected chi connectivity index (χ0v) is 17.3. The van der Waals surface area contributed by atoms with E-state index in [4.69, 9.17) is 14.3 Å². The van der Waals surface area contributed by atoms with Crippen molar-refractivity contribution in [3.63, 3.8) is 0 Å². The fraction of sp³-hybridized carbons (Fsp3) is 0.0455. The van der Waals surface area contributed by atoms with E-state index in [1.54, 1.807) is 42.5 Å². The molecule has 9 nitrogen and oxygen atoms in total. The van der Waals surface area contributed by atoms with Gasteiger partial charge in [0.1, 0.15) is 5.69 Å². The zero-order chi connectivity index (χ0) is 22.7. The SMILES string of the molecule is NS(=O)(=O)c1ccc(NC(=O)COC(=O)c2cc(-c3ccco3)nc3ccccc23)cc1. The monoisotopic (exact) mass is 451 g/mol. The number of primary sulfonamides is 1. The van der Waals surface area contributed by atoms with Crippen molar-refractivity contribution in [2.24, 2.45) is 5.14 Å². The Morgan fingerprint density at radius 3 is 2.47 bits per heavy atom. The lowest BCUT2D eigenvalue weighted by molar-refractivity contribution is -0.119. The van der Waals surface area contributed by atoms with Crippen molar-refractivity contribution in [3.05, 3.63) is 78.6 Å². The Kier molecular flexibility index (Phi) is 5.71. The van der Waals surface area contributed by atoms with Gasteiger partial charge in [0.2, 0.25) is 10.0 Å². The Morgan fingerprint density at radius 2 is 1.78 bits per heavy atom. The van der Waals surface area contributed by atoms with Gasteiger partial charge in [0.15, 0.2) is 12.4 Å². The highest BCUT2D eigenvalue weighted by Gasteiger charge is 2.17. The van der Waals surface area contributed by atoms with E-state index in [9.17, 15) is 18.0 Å². The molecule has 0 aliphatic heterocycles. The topological polar surface area (TPSA) is 142 Å². The average Bonchev–Trinajstić information content (AvgIpc) is 3.31. The van der Waals surface area contributed by atoms with E-state index in [0.717, 1.165) is 0 Å². The van der Waals surface area contributed by atoms with Gasteiger partial charge in [-0.3, -0.25) is 4.79 Å². The largest absolute Gasteiger partial charge is 0.463 e. The number of sulfonamides is 1. The van der Waals surface area contributed by atoms with Gasteiger partial charge in [-0.25, -0.2) is 23.3 Å². The number of benzene rings is 2. The fourth-order valence-corrected chi connectivity index (χ4v) is 3.54. The average molecular weight is 451 g/mol. The van der Waals surface area contributed by atoms with Gasteiger partial charge in [-0.15, -0.1) is 0 Å². The van der Waals surface area contributed by atoms with Crippen LogP contribution in [0.3, 0.4) is 0 Å². The molecule has 10 heteroatoms. The molecule has 3 N–H and O–H groups in total. The maximum Gasteiger partial charge on any atom is 0.339 e. The Labute approximate surface area is 182 Å². The molecule has 0 unspecified atom stereocenters. The maximum absolute atomic E-state index is 12.8. The molecular formula is C22H17N3O6S. The Bertz CT molecular complexity index is 1400. The van der Waals surface area contributed by atoms with Gasteiger partial charge in [-0.05, 0) is 48.5 Å². The number of furan rings is 1. The molecule has 0 atom stereocenters. The minimum absolute atomic E-state index is 0.0844. The molecule has 0 saturated carbocycles. The number of esters is 1. The first-order chi connectivity index (χ1) is 15.3. The van der Waals surface area contributed by atoms with Crippen molar-refractivity contribution in [1.29, 1.82) is 0 Å². The van der Waals surface area contributed by atoms with Crippen molar-refractivity contribution in [1.82, 2.24) is 4.98 Å². The standard InChI is InChI=1S/C22H17N3O6S/c23-32(28,29)15-9-7-14(8-10-15)24-21(26)13-31-22(27)17-12-19(20-6-3-11-30-20)25-18-5-2-1-4-16(17)18/h1-12H,13H2,(H,24,26)(H2,23,28,29). The third-order valence-corrected chi connectivity index (χ3v) is 5.44. The summed E-state index contributed by atoms with van der Waals surface area (Å²) in [4.78, 5) is 29.4. The van der Waals surface area contributed by atoms with Gasteiger partial charge < -0.3 is 14.5 Å². The Morgan fingerprint density at radius 1 is 1.03 bits per heavy atom. The highest BCUT2D eigenvalue weighted by atomic mass is 32.2. The molecule has 1 amide bonds. The summed E-state index contributed by atoms with van der Waals surface area (Å²) >= 11 is 0. The molecular weight excluding hydrogens is 434 g/mol. The number of aromatic nitrogens is 1. The van der Waals surface area contributed by atoms with Crippen LogP contribution < -0.4 is 10.5 Å². The van der Waals surface area contributed by atoms with Crippen LogP contribution in [-0.2, 0) is 19.6 Å². The van der Waals surface area contributed by atoms with Crippen molar-refractivity contribution < 1.29 is 27.2 Å². The van der Waals surface area contributed by atoms with Crippen LogP contribution in [0.15, 0.2) is 82.3 Å². The molecule has 4 aromatic rings. The summed E-state index contributed by atoms with van der Waals surface area (Å²) in [5, 5.41) is 8.14. The first-order valence-electron chi connectivity index (χ1n) is 9.35. The number of para-hydroxylation sites is 1. The summed E-state index contributed by atoms with van der Waals surface area (Å²) in [6.07, 6.45) is 1.50. The lowest BCUT2D eigenvalue weighted by Gasteiger charge is -2.10. The van der Waals surface area contributed by atoms with E-state index in [1.165, 1.54) is 30.5 Å². The van der Waals surface area contributed by atoms with Crippen LogP contribution in [-0.4, -0.2) is 31.9 Å². The zero-order valence-electron chi connectivity index (χ0n) is 16.5. The number of hydrogen-bond donors (Lipinski definition) is 2. The molecule has 0 saturated heterocycles. The first kappa shape index (κ1) is 21.2. The van der Waals surface area contributed by atoms with Gasteiger partial charge in [0.05, 0.1) is 22.2 Å². The molecule has 0 aliphatic rings. The van der Waals surface area contributed by atoms with E-state index in [0.29, 0.717) is 28.0 Å². The Balaban J connectivity index is 1.48. The number of anilines is 1. The molecule has 0 radical (unpaired) electrons. The van der Waals surface area contributed by atoms with Crippen LogP contribution in [0.25, 0.3) is 22.4 Å². The van der Waals surface area contributed by atoms with Crippen LogP contribution in [0.4, 0.5) is 5.69 Å². The summed E-state index contributed by atoms with van der Waals surface area (Å²) in [6.45, 7) is -0.539.